The van der Waals surface area contributed by atoms with Crippen LogP contribution in [0, 0.1) is 6.92 Å². The molecule has 4 aromatic rings. The summed E-state index contributed by atoms with van der Waals surface area (Å²) in [4.78, 5) is 33.2. The van der Waals surface area contributed by atoms with Crippen molar-refractivity contribution in [1.82, 2.24) is 24.1 Å². The number of rotatable bonds is 5. The van der Waals surface area contributed by atoms with Gasteiger partial charge in [-0.3, -0.25) is 9.20 Å². The summed E-state index contributed by atoms with van der Waals surface area (Å²) in [5.74, 6) is -0.466. The molecule has 3 aromatic heterocycles. The van der Waals surface area contributed by atoms with Crippen LogP contribution in [0.5, 0.6) is 0 Å². The summed E-state index contributed by atoms with van der Waals surface area (Å²) in [6.07, 6.45) is 3.10. The molecule has 0 N–H and O–H groups in total. The Morgan fingerprint density at radius 2 is 2.07 bits per heavy atom. The van der Waals surface area contributed by atoms with Crippen LogP contribution < -0.4 is 5.56 Å². The fourth-order valence-corrected chi connectivity index (χ4v) is 3.54. The molecule has 1 aromatic carbocycles. The zero-order valence-electron chi connectivity index (χ0n) is 14.4. The van der Waals surface area contributed by atoms with E-state index in [4.69, 9.17) is 4.74 Å². The van der Waals surface area contributed by atoms with E-state index in [1.807, 2.05) is 24.4 Å². The minimum absolute atomic E-state index is 0.0533. The lowest BCUT2D eigenvalue weighted by Gasteiger charge is -2.06. The fourth-order valence-electron chi connectivity index (χ4n) is 2.65. The SMILES string of the molecule is Cc1csc2nc(COC(=O)c3ccc(Cn4cncn4)cc3)cc(=O)n12. The Morgan fingerprint density at radius 1 is 1.26 bits per heavy atom. The van der Waals surface area contributed by atoms with Crippen molar-refractivity contribution in [2.24, 2.45) is 0 Å². The molecule has 0 aliphatic heterocycles. The van der Waals surface area contributed by atoms with E-state index in [2.05, 4.69) is 15.1 Å². The highest BCUT2D eigenvalue weighted by Gasteiger charge is 2.11. The van der Waals surface area contributed by atoms with Gasteiger partial charge in [-0.15, -0.1) is 11.3 Å². The van der Waals surface area contributed by atoms with Gasteiger partial charge in [0.2, 0.25) is 0 Å². The van der Waals surface area contributed by atoms with Gasteiger partial charge < -0.3 is 4.74 Å². The first-order valence-electron chi connectivity index (χ1n) is 8.15. The van der Waals surface area contributed by atoms with Crippen LogP contribution in [0.15, 0.2) is 53.2 Å². The number of carbonyl (C=O) groups is 1. The largest absolute Gasteiger partial charge is 0.456 e. The number of hydrogen-bond acceptors (Lipinski definition) is 7. The number of benzene rings is 1. The van der Waals surface area contributed by atoms with E-state index in [1.165, 1.54) is 28.1 Å². The molecule has 0 saturated heterocycles. The average Bonchev–Trinajstić information content (AvgIpc) is 3.30. The average molecular weight is 381 g/mol. The Kier molecular flexibility index (Phi) is 4.51. The van der Waals surface area contributed by atoms with Crippen LogP contribution in [0.25, 0.3) is 4.96 Å². The zero-order valence-corrected chi connectivity index (χ0v) is 15.2. The van der Waals surface area contributed by atoms with E-state index in [0.29, 0.717) is 22.8 Å². The van der Waals surface area contributed by atoms with E-state index in [9.17, 15) is 9.59 Å². The Labute approximate surface area is 157 Å². The fraction of sp³-hybridized carbons (Fsp3) is 0.167. The molecule has 0 bridgehead atoms. The minimum atomic E-state index is -0.466. The number of ether oxygens (including phenoxy) is 1. The van der Waals surface area contributed by atoms with Crippen molar-refractivity contribution in [1.29, 1.82) is 0 Å². The molecule has 0 atom stereocenters. The van der Waals surface area contributed by atoms with E-state index in [1.54, 1.807) is 23.1 Å². The Hall–Kier alpha value is -3.33. The topological polar surface area (TPSA) is 91.4 Å². The monoisotopic (exact) mass is 381 g/mol. The Balaban J connectivity index is 1.42. The summed E-state index contributed by atoms with van der Waals surface area (Å²) in [5.41, 5.74) is 2.51. The van der Waals surface area contributed by atoms with E-state index >= 15 is 0 Å². The lowest BCUT2D eigenvalue weighted by molar-refractivity contribution is 0.0467. The van der Waals surface area contributed by atoms with Gasteiger partial charge in [-0.25, -0.2) is 19.4 Å². The normalized spacial score (nSPS) is 11.0. The van der Waals surface area contributed by atoms with Crippen LogP contribution >= 0.6 is 11.3 Å². The number of fused-ring (bicyclic) bond motifs is 1. The van der Waals surface area contributed by atoms with Crippen LogP contribution in [0.3, 0.4) is 0 Å². The van der Waals surface area contributed by atoms with E-state index < -0.39 is 5.97 Å². The number of hydrogen-bond donors (Lipinski definition) is 0. The predicted molar refractivity (Wildman–Crippen MR) is 98.8 cm³/mol. The van der Waals surface area contributed by atoms with Crippen molar-refractivity contribution >= 4 is 22.3 Å². The van der Waals surface area contributed by atoms with Crippen molar-refractivity contribution < 1.29 is 9.53 Å². The van der Waals surface area contributed by atoms with Gasteiger partial charge in [0.1, 0.15) is 19.3 Å². The molecule has 9 heteroatoms. The Morgan fingerprint density at radius 3 is 2.81 bits per heavy atom. The van der Waals surface area contributed by atoms with Crippen LogP contribution in [0.2, 0.25) is 0 Å². The molecule has 8 nitrogen and oxygen atoms in total. The van der Waals surface area contributed by atoms with Gasteiger partial charge in [0.05, 0.1) is 17.8 Å². The van der Waals surface area contributed by atoms with Gasteiger partial charge in [-0.2, -0.15) is 5.10 Å². The maximum Gasteiger partial charge on any atom is 0.338 e. The molecule has 4 rings (SSSR count). The van der Waals surface area contributed by atoms with Crippen molar-refractivity contribution in [3.63, 3.8) is 0 Å². The number of esters is 1. The maximum atomic E-state index is 12.2. The van der Waals surface area contributed by atoms with Crippen LogP contribution in [-0.2, 0) is 17.9 Å². The predicted octanol–water partition coefficient (Wildman–Crippen LogP) is 2.06. The Bertz CT molecular complexity index is 1150. The molecule has 0 saturated carbocycles. The molecule has 136 valence electrons. The molecule has 0 unspecified atom stereocenters. The van der Waals surface area contributed by atoms with Crippen molar-refractivity contribution in [3.8, 4) is 0 Å². The van der Waals surface area contributed by atoms with Gasteiger partial charge in [0.25, 0.3) is 5.56 Å². The molecule has 0 aliphatic carbocycles. The summed E-state index contributed by atoms with van der Waals surface area (Å²) in [7, 11) is 0. The molecule has 0 radical (unpaired) electrons. The van der Waals surface area contributed by atoms with E-state index in [-0.39, 0.29) is 12.2 Å². The highest BCUT2D eigenvalue weighted by Crippen LogP contribution is 2.13. The van der Waals surface area contributed by atoms with Gasteiger partial charge >= 0.3 is 5.97 Å². The first kappa shape index (κ1) is 17.1. The number of nitrogens with zero attached hydrogens (tertiary/aromatic N) is 5. The third kappa shape index (κ3) is 3.63. The zero-order chi connectivity index (χ0) is 18.8. The van der Waals surface area contributed by atoms with Crippen molar-refractivity contribution in [2.75, 3.05) is 0 Å². The quantitative estimate of drug-likeness (QED) is 0.492. The highest BCUT2D eigenvalue weighted by molar-refractivity contribution is 7.15. The summed E-state index contributed by atoms with van der Waals surface area (Å²) < 4.78 is 8.52. The highest BCUT2D eigenvalue weighted by atomic mass is 32.1. The second kappa shape index (κ2) is 7.12. The van der Waals surface area contributed by atoms with Crippen LogP contribution in [-0.4, -0.2) is 30.1 Å². The van der Waals surface area contributed by atoms with Gasteiger partial charge in [0.15, 0.2) is 4.96 Å². The molecule has 0 aliphatic rings. The van der Waals surface area contributed by atoms with Gasteiger partial charge in [-0.1, -0.05) is 12.1 Å². The molecular formula is C18H15N5O3S. The van der Waals surface area contributed by atoms with Crippen molar-refractivity contribution in [3.05, 3.63) is 81.2 Å². The van der Waals surface area contributed by atoms with E-state index in [0.717, 1.165) is 11.3 Å². The molecular weight excluding hydrogens is 366 g/mol. The third-order valence-corrected chi connectivity index (χ3v) is 4.92. The van der Waals surface area contributed by atoms with Crippen LogP contribution in [0.1, 0.15) is 27.3 Å². The first-order chi connectivity index (χ1) is 13.1. The molecule has 3 heterocycles. The minimum Gasteiger partial charge on any atom is -0.456 e. The first-order valence-corrected chi connectivity index (χ1v) is 9.03. The van der Waals surface area contributed by atoms with Crippen molar-refractivity contribution in [2.45, 2.75) is 20.1 Å². The standard InChI is InChI=1S/C18H15N5O3S/c1-12-9-27-18-21-15(6-16(24)23(12)18)8-26-17(25)14-4-2-13(3-5-14)7-22-11-19-10-20-22/h2-6,9-11H,7-8H2,1H3. The number of carbonyl (C=O) groups excluding carboxylic acids is 1. The van der Waals surface area contributed by atoms with Crippen LogP contribution in [0.4, 0.5) is 0 Å². The second-order valence-corrected chi connectivity index (χ2v) is 6.78. The molecule has 0 fully saturated rings. The van der Waals surface area contributed by atoms with Gasteiger partial charge in [0, 0.05) is 17.1 Å². The smallest absolute Gasteiger partial charge is 0.338 e. The number of aryl methyl sites for hydroxylation is 1. The summed E-state index contributed by atoms with van der Waals surface area (Å²) in [6, 6.07) is 8.46. The lowest BCUT2D eigenvalue weighted by atomic mass is 10.1. The second-order valence-electron chi connectivity index (χ2n) is 5.95. The third-order valence-electron chi connectivity index (χ3n) is 3.98. The van der Waals surface area contributed by atoms with Gasteiger partial charge in [-0.05, 0) is 24.6 Å². The molecule has 0 spiro atoms. The number of thiazole rings is 1. The summed E-state index contributed by atoms with van der Waals surface area (Å²) in [5, 5.41) is 5.90. The molecule has 27 heavy (non-hydrogen) atoms. The maximum absolute atomic E-state index is 12.2. The summed E-state index contributed by atoms with van der Waals surface area (Å²) in [6.45, 7) is 2.37. The molecule has 0 amide bonds. The number of aromatic nitrogens is 5. The lowest BCUT2D eigenvalue weighted by Crippen LogP contribution is -2.16. The summed E-state index contributed by atoms with van der Waals surface area (Å²) >= 11 is 1.38.